The summed E-state index contributed by atoms with van der Waals surface area (Å²) in [6.07, 6.45) is 3.28. The first-order valence-electron chi connectivity index (χ1n) is 14.5. The summed E-state index contributed by atoms with van der Waals surface area (Å²) in [5.41, 5.74) is 0.282. The van der Waals surface area contributed by atoms with E-state index >= 15 is 0 Å². The van der Waals surface area contributed by atoms with E-state index in [-0.39, 0.29) is 17.1 Å². The Kier molecular flexibility index (Phi) is 10.1. The molecule has 9 nitrogen and oxygen atoms in total. The van der Waals surface area contributed by atoms with E-state index in [9.17, 15) is 18.0 Å². The summed E-state index contributed by atoms with van der Waals surface area (Å²) in [6.45, 7) is 8.10. The highest BCUT2D eigenvalue weighted by molar-refractivity contribution is 5.97. The maximum Gasteiger partial charge on any atom is 0.433 e. The van der Waals surface area contributed by atoms with Crippen LogP contribution in [-0.2, 0) is 15.7 Å². The Labute approximate surface area is 258 Å². The number of nitrogens with zero attached hydrogens (tertiary/aromatic N) is 5. The highest BCUT2D eigenvalue weighted by Crippen LogP contribution is 2.33. The zero-order valence-electron chi connectivity index (χ0n) is 24.9. The van der Waals surface area contributed by atoms with Crippen molar-refractivity contribution >= 4 is 17.4 Å². The van der Waals surface area contributed by atoms with E-state index < -0.39 is 17.8 Å². The molecule has 45 heavy (non-hydrogen) atoms. The first kappa shape index (κ1) is 31.6. The van der Waals surface area contributed by atoms with Gasteiger partial charge in [-0.05, 0) is 50.3 Å². The molecule has 0 spiro atoms. The molecule has 234 valence electrons. The van der Waals surface area contributed by atoms with E-state index in [4.69, 9.17) is 9.47 Å². The summed E-state index contributed by atoms with van der Waals surface area (Å²) in [6, 6.07) is 14.5. The fourth-order valence-corrected chi connectivity index (χ4v) is 4.87. The van der Waals surface area contributed by atoms with Crippen molar-refractivity contribution in [3.63, 3.8) is 0 Å². The highest BCUT2D eigenvalue weighted by atomic mass is 19.4. The first-order chi connectivity index (χ1) is 21.7. The van der Waals surface area contributed by atoms with Crippen LogP contribution in [0.4, 0.5) is 13.2 Å². The number of carbonyl (C=O) groups excluding carboxylic acids is 1. The lowest BCUT2D eigenvalue weighted by atomic mass is 10.1. The predicted molar refractivity (Wildman–Crippen MR) is 163 cm³/mol. The third-order valence-electron chi connectivity index (χ3n) is 7.17. The number of amides is 1. The number of pyridine rings is 2. The molecule has 5 rings (SSSR count). The van der Waals surface area contributed by atoms with Crippen LogP contribution in [0.3, 0.4) is 0 Å². The van der Waals surface area contributed by atoms with Gasteiger partial charge in [0.2, 0.25) is 0 Å². The van der Waals surface area contributed by atoms with E-state index in [1.54, 1.807) is 19.1 Å². The number of morpholine rings is 1. The van der Waals surface area contributed by atoms with Crippen LogP contribution in [0.1, 0.15) is 29.9 Å². The van der Waals surface area contributed by atoms with Crippen LogP contribution < -0.4 is 15.8 Å². The Morgan fingerprint density at radius 3 is 2.51 bits per heavy atom. The van der Waals surface area contributed by atoms with Gasteiger partial charge in [-0.15, -0.1) is 0 Å². The van der Waals surface area contributed by atoms with Crippen molar-refractivity contribution in [2.24, 2.45) is 0 Å². The minimum absolute atomic E-state index is 0.0834. The smallest absolute Gasteiger partial charge is 0.433 e. The van der Waals surface area contributed by atoms with Crippen molar-refractivity contribution in [3.8, 4) is 17.1 Å². The molecule has 0 radical (unpaired) electrons. The van der Waals surface area contributed by atoms with Crippen molar-refractivity contribution < 1.29 is 27.4 Å². The Morgan fingerprint density at radius 1 is 1.07 bits per heavy atom. The molecule has 1 aliphatic heterocycles. The molecule has 0 unspecified atom stereocenters. The van der Waals surface area contributed by atoms with E-state index in [0.29, 0.717) is 36.8 Å². The fraction of sp³-hybridized carbons (Fsp3) is 0.273. The zero-order chi connectivity index (χ0) is 31.8. The quantitative estimate of drug-likeness (QED) is 0.304. The zero-order valence-corrected chi connectivity index (χ0v) is 24.9. The summed E-state index contributed by atoms with van der Waals surface area (Å²) in [4.78, 5) is 23.6. The molecule has 0 atom stereocenters. The lowest BCUT2D eigenvalue weighted by molar-refractivity contribution is -0.142. The number of allylic oxidation sites excluding steroid dienone is 1. The monoisotopic (exact) mass is 618 g/mol. The van der Waals surface area contributed by atoms with Gasteiger partial charge in [-0.1, -0.05) is 30.3 Å². The van der Waals surface area contributed by atoms with Crippen LogP contribution in [0.5, 0.6) is 0 Å². The molecule has 1 aliphatic rings. The maximum atomic E-state index is 13.9. The Balaban J connectivity index is 1.38. The molecule has 1 fully saturated rings. The van der Waals surface area contributed by atoms with Crippen molar-refractivity contribution in [2.45, 2.75) is 20.0 Å². The predicted octanol–water partition coefficient (Wildman–Crippen LogP) is 3.94. The average molecular weight is 619 g/mol. The van der Waals surface area contributed by atoms with Crippen LogP contribution in [0, 0.1) is 0 Å². The second-order valence-corrected chi connectivity index (χ2v) is 10.3. The number of benzene rings is 1. The standard InChI is InChI=1S/C33H33F3N6O3/c1-3-7-29(45-19-16-41-14-17-44-18-15-41)27-10-5-4-9-26(27)23(2)39-32(43)25-11-12-31(38-22-25)42-30(33(34,35)36)20-28(40-42)24-8-6-13-37-21-24/h3-13,20-22H,14-19H2,1-2H3,(H,39,43)/b7-3-,26-23+,29-27+. The summed E-state index contributed by atoms with van der Waals surface area (Å²) in [5, 5.41) is 8.60. The van der Waals surface area contributed by atoms with E-state index in [2.05, 4.69) is 25.3 Å². The molecule has 1 amide bonds. The first-order valence-corrected chi connectivity index (χ1v) is 14.5. The number of aromatic nitrogens is 4. The molecule has 12 heteroatoms. The van der Waals surface area contributed by atoms with Crippen LogP contribution in [0.25, 0.3) is 28.5 Å². The van der Waals surface area contributed by atoms with Crippen LogP contribution in [0.15, 0.2) is 85.3 Å². The van der Waals surface area contributed by atoms with Gasteiger partial charge in [0.25, 0.3) is 5.91 Å². The Hall–Kier alpha value is -4.81. The molecule has 1 saturated heterocycles. The number of rotatable bonds is 9. The van der Waals surface area contributed by atoms with E-state index in [0.717, 1.165) is 40.8 Å². The fourth-order valence-electron chi connectivity index (χ4n) is 4.87. The molecule has 1 N–H and O–H groups in total. The van der Waals surface area contributed by atoms with Gasteiger partial charge in [-0.3, -0.25) is 14.7 Å². The number of halogens is 3. The van der Waals surface area contributed by atoms with Gasteiger partial charge in [0.1, 0.15) is 12.4 Å². The number of nitrogens with one attached hydrogen (secondary N) is 1. The number of hydrogen-bond donors (Lipinski definition) is 1. The minimum Gasteiger partial charge on any atom is -0.492 e. The summed E-state index contributed by atoms with van der Waals surface area (Å²) in [5.74, 6) is 0.126. The van der Waals surface area contributed by atoms with Crippen LogP contribution in [0.2, 0.25) is 0 Å². The van der Waals surface area contributed by atoms with Gasteiger partial charge in [-0.25, -0.2) is 9.67 Å². The molecule has 3 aromatic heterocycles. The van der Waals surface area contributed by atoms with Gasteiger partial charge in [0, 0.05) is 59.9 Å². The molecular weight excluding hydrogens is 585 g/mol. The maximum absolute atomic E-state index is 13.9. The second-order valence-electron chi connectivity index (χ2n) is 10.3. The summed E-state index contributed by atoms with van der Waals surface area (Å²) >= 11 is 0. The molecule has 1 aromatic carbocycles. The number of ether oxygens (including phenoxy) is 2. The van der Waals surface area contributed by atoms with Gasteiger partial charge < -0.3 is 14.8 Å². The third kappa shape index (κ3) is 7.83. The summed E-state index contributed by atoms with van der Waals surface area (Å²) < 4.78 is 53.9. The topological polar surface area (TPSA) is 94.4 Å². The minimum atomic E-state index is -4.68. The number of hydrogen-bond acceptors (Lipinski definition) is 7. The summed E-state index contributed by atoms with van der Waals surface area (Å²) in [7, 11) is 0. The number of alkyl halides is 3. The average Bonchev–Trinajstić information content (AvgIpc) is 3.52. The van der Waals surface area contributed by atoms with Crippen LogP contribution in [-0.4, -0.2) is 70.0 Å². The van der Waals surface area contributed by atoms with E-state index in [1.807, 2.05) is 43.3 Å². The largest absolute Gasteiger partial charge is 0.492 e. The second kappa shape index (κ2) is 14.3. The van der Waals surface area contributed by atoms with Gasteiger partial charge >= 0.3 is 6.18 Å². The normalized spacial score (nSPS) is 15.6. The molecule has 4 aromatic rings. The SMILES string of the molecule is C\C=C/C(OCCN1CCOCC1)=c1/cccc/c1=C(/C)NC(=O)c1ccc(-n2nc(-c3cccnc3)cc2C(F)(F)F)nc1. The molecule has 0 saturated carbocycles. The lowest BCUT2D eigenvalue weighted by Gasteiger charge is -2.26. The number of carbonyl (C=O) groups is 1. The van der Waals surface area contributed by atoms with Crippen molar-refractivity contribution in [3.05, 3.63) is 107 Å². The van der Waals surface area contributed by atoms with Crippen molar-refractivity contribution in [2.75, 3.05) is 39.5 Å². The Morgan fingerprint density at radius 2 is 1.84 bits per heavy atom. The molecule has 0 bridgehead atoms. The van der Waals surface area contributed by atoms with E-state index in [1.165, 1.54) is 30.7 Å². The Bertz CT molecular complexity index is 1760. The van der Waals surface area contributed by atoms with Gasteiger partial charge in [-0.2, -0.15) is 18.3 Å². The van der Waals surface area contributed by atoms with Crippen LogP contribution >= 0.6 is 0 Å². The molecule has 4 heterocycles. The van der Waals surface area contributed by atoms with Gasteiger partial charge in [0.05, 0.1) is 24.5 Å². The van der Waals surface area contributed by atoms with Gasteiger partial charge in [0.15, 0.2) is 11.5 Å². The third-order valence-corrected chi connectivity index (χ3v) is 7.17. The molecular formula is C33H33F3N6O3. The van der Waals surface area contributed by atoms with Crippen molar-refractivity contribution in [1.29, 1.82) is 0 Å². The lowest BCUT2D eigenvalue weighted by Crippen LogP contribution is -2.38. The highest BCUT2D eigenvalue weighted by Gasteiger charge is 2.37. The van der Waals surface area contributed by atoms with Crippen molar-refractivity contribution in [1.82, 2.24) is 30.0 Å². The molecule has 0 aliphatic carbocycles.